The predicted octanol–water partition coefficient (Wildman–Crippen LogP) is 1.43. The molecule has 0 aromatic carbocycles. The summed E-state index contributed by atoms with van der Waals surface area (Å²) in [5, 5.41) is 0. The van der Waals surface area contributed by atoms with E-state index in [1.807, 2.05) is 13.8 Å². The summed E-state index contributed by atoms with van der Waals surface area (Å²) in [5.41, 5.74) is 5.67. The van der Waals surface area contributed by atoms with Gasteiger partial charge in [0.05, 0.1) is 6.04 Å². The van der Waals surface area contributed by atoms with Crippen LogP contribution in [0, 0.1) is 5.92 Å². The second-order valence-corrected chi connectivity index (χ2v) is 4.20. The molecule has 4 nitrogen and oxygen atoms in total. The van der Waals surface area contributed by atoms with Crippen LogP contribution in [0.2, 0.25) is 0 Å². The summed E-state index contributed by atoms with van der Waals surface area (Å²) in [6.45, 7) is 4.00. The van der Waals surface area contributed by atoms with E-state index in [-0.39, 0.29) is 1.43 Å². The van der Waals surface area contributed by atoms with Crippen molar-refractivity contribution in [2.75, 3.05) is 14.1 Å². The highest BCUT2D eigenvalue weighted by atomic mass is 16.2. The fourth-order valence-electron chi connectivity index (χ4n) is 1.57. The first kappa shape index (κ1) is 15.1. The predicted molar refractivity (Wildman–Crippen MR) is 67.1 cm³/mol. The molecule has 1 fully saturated rings. The second-order valence-electron chi connectivity index (χ2n) is 4.20. The molecule has 96 valence electrons. The summed E-state index contributed by atoms with van der Waals surface area (Å²) in [7, 11) is 3.13. The third-order valence-corrected chi connectivity index (χ3v) is 2.77. The summed E-state index contributed by atoms with van der Waals surface area (Å²) in [5.74, 6) is -0.386. The van der Waals surface area contributed by atoms with Gasteiger partial charge in [-0.25, -0.2) is 0 Å². The summed E-state index contributed by atoms with van der Waals surface area (Å²) >= 11 is 0. The molecule has 1 atom stereocenters. The molecular formula is C12H26N2O2. The Bertz CT molecular complexity index is 241. The van der Waals surface area contributed by atoms with Crippen molar-refractivity contribution < 1.29 is 11.0 Å². The molecule has 0 bridgehead atoms. The van der Waals surface area contributed by atoms with Crippen LogP contribution < -0.4 is 5.73 Å². The minimum absolute atomic E-state index is 0. The number of amides is 1. The highest BCUT2D eigenvalue weighted by Crippen LogP contribution is 2.30. The molecule has 0 aromatic heterocycles. The van der Waals surface area contributed by atoms with Crippen molar-refractivity contribution >= 4 is 11.7 Å². The molecule has 16 heavy (non-hydrogen) atoms. The van der Waals surface area contributed by atoms with Gasteiger partial charge in [0.25, 0.3) is 5.91 Å². The maximum Gasteiger partial charge on any atom is 0.291 e. The normalized spacial score (nSPS) is 16.6. The summed E-state index contributed by atoms with van der Waals surface area (Å²) in [4.78, 5) is 24.0. The molecule has 1 aliphatic rings. The largest absolute Gasteiger partial charge is 0.342 e. The zero-order chi connectivity index (χ0) is 12.7. The van der Waals surface area contributed by atoms with Gasteiger partial charge in [-0.2, -0.15) is 0 Å². The number of nitrogens with zero attached hydrogens (tertiary/aromatic N) is 1. The van der Waals surface area contributed by atoms with E-state index in [4.69, 9.17) is 5.73 Å². The molecule has 1 amide bonds. The van der Waals surface area contributed by atoms with E-state index >= 15 is 0 Å². The minimum atomic E-state index is -0.602. The molecule has 0 radical (unpaired) electrons. The van der Waals surface area contributed by atoms with Crippen LogP contribution >= 0.6 is 0 Å². The van der Waals surface area contributed by atoms with Crippen molar-refractivity contribution in [3.05, 3.63) is 0 Å². The summed E-state index contributed by atoms with van der Waals surface area (Å²) in [6.07, 6.45) is 4.19. The number of hydrogen-bond acceptors (Lipinski definition) is 3. The van der Waals surface area contributed by atoms with Crippen molar-refractivity contribution in [1.29, 1.82) is 0 Å². The van der Waals surface area contributed by atoms with E-state index in [2.05, 4.69) is 0 Å². The van der Waals surface area contributed by atoms with Crippen LogP contribution in [0.5, 0.6) is 0 Å². The number of hydrogen-bond donors (Lipinski definition) is 1. The number of carbonyl (C=O) groups is 2. The first-order valence-electron chi connectivity index (χ1n) is 6.03. The van der Waals surface area contributed by atoms with Crippen molar-refractivity contribution in [3.63, 3.8) is 0 Å². The number of nitrogens with two attached hydrogens (primary N) is 1. The lowest BCUT2D eigenvalue weighted by Gasteiger charge is -2.27. The first-order chi connectivity index (χ1) is 7.52. The quantitative estimate of drug-likeness (QED) is 0.743. The maximum atomic E-state index is 11.4. The molecule has 1 rings (SSSR count). The number of Topliss-reactive ketones (excluding diaryl/α,β-unsaturated/α-hetero) is 1. The third kappa shape index (κ3) is 4.31. The Labute approximate surface area is 99.7 Å². The van der Waals surface area contributed by atoms with Gasteiger partial charge in [-0.3, -0.25) is 9.59 Å². The van der Waals surface area contributed by atoms with Crippen LogP contribution in [0.15, 0.2) is 0 Å². The standard InChI is InChI=1S/C10H18N2O2.C2H6.H2/c1-12(2)10(14)9(13)8(11)6-7-4-3-5-7;1-2;/h7-8H,3-6,11H2,1-2H3;1-2H3;1H. The average molecular weight is 230 g/mol. The van der Waals surface area contributed by atoms with Gasteiger partial charge in [-0.05, 0) is 12.3 Å². The molecule has 0 aliphatic heterocycles. The molecule has 1 aliphatic carbocycles. The Morgan fingerprint density at radius 3 is 2.19 bits per heavy atom. The Morgan fingerprint density at radius 1 is 1.38 bits per heavy atom. The Morgan fingerprint density at radius 2 is 1.88 bits per heavy atom. The van der Waals surface area contributed by atoms with Crippen molar-refractivity contribution in [2.45, 2.75) is 45.6 Å². The van der Waals surface area contributed by atoms with E-state index in [9.17, 15) is 9.59 Å². The zero-order valence-electron chi connectivity index (χ0n) is 10.8. The number of likely N-dealkylation sites (N-methyl/N-ethyl adjacent to an activating group) is 1. The van der Waals surface area contributed by atoms with E-state index in [0.717, 1.165) is 12.8 Å². The van der Waals surface area contributed by atoms with Crippen LogP contribution in [0.3, 0.4) is 0 Å². The lowest BCUT2D eigenvalue weighted by Crippen LogP contribution is -2.43. The average Bonchev–Trinajstić information content (AvgIpc) is 2.23. The lowest BCUT2D eigenvalue weighted by atomic mass is 9.80. The fourth-order valence-corrected chi connectivity index (χ4v) is 1.57. The summed E-state index contributed by atoms with van der Waals surface area (Å²) in [6, 6.07) is -0.602. The van der Waals surface area contributed by atoms with E-state index in [1.54, 1.807) is 14.1 Å². The number of rotatable bonds is 4. The second kappa shape index (κ2) is 7.39. The molecule has 1 unspecified atom stereocenters. The Kier molecular flexibility index (Phi) is 6.97. The Balaban J connectivity index is 0. The molecular weight excluding hydrogens is 204 g/mol. The van der Waals surface area contributed by atoms with Crippen LogP contribution in [0.1, 0.15) is 41.0 Å². The zero-order valence-corrected chi connectivity index (χ0v) is 10.8. The topological polar surface area (TPSA) is 63.4 Å². The molecule has 1 saturated carbocycles. The van der Waals surface area contributed by atoms with E-state index in [0.29, 0.717) is 12.3 Å². The minimum Gasteiger partial charge on any atom is -0.342 e. The van der Waals surface area contributed by atoms with Gasteiger partial charge in [-0.1, -0.05) is 33.1 Å². The highest BCUT2D eigenvalue weighted by Gasteiger charge is 2.28. The van der Waals surface area contributed by atoms with Gasteiger partial charge in [0.1, 0.15) is 0 Å². The Hall–Kier alpha value is -0.900. The fraction of sp³-hybridized carbons (Fsp3) is 0.833. The van der Waals surface area contributed by atoms with Crippen LogP contribution in [0.25, 0.3) is 0 Å². The van der Waals surface area contributed by atoms with Gasteiger partial charge in [-0.15, -0.1) is 0 Å². The van der Waals surface area contributed by atoms with Crippen LogP contribution in [-0.2, 0) is 9.59 Å². The first-order valence-corrected chi connectivity index (χ1v) is 6.03. The van der Waals surface area contributed by atoms with Crippen molar-refractivity contribution in [1.82, 2.24) is 4.90 Å². The van der Waals surface area contributed by atoms with Gasteiger partial charge in [0.15, 0.2) is 0 Å². The van der Waals surface area contributed by atoms with Crippen molar-refractivity contribution in [3.8, 4) is 0 Å². The molecule has 4 heteroatoms. The summed E-state index contributed by atoms with van der Waals surface area (Å²) < 4.78 is 0. The van der Waals surface area contributed by atoms with Crippen molar-refractivity contribution in [2.24, 2.45) is 11.7 Å². The smallest absolute Gasteiger partial charge is 0.291 e. The van der Waals surface area contributed by atoms with Crippen LogP contribution in [-0.4, -0.2) is 36.7 Å². The number of ketones is 1. The number of carbonyl (C=O) groups excluding carboxylic acids is 2. The van der Waals surface area contributed by atoms with E-state index < -0.39 is 17.7 Å². The van der Waals surface area contributed by atoms with Gasteiger partial charge >= 0.3 is 0 Å². The van der Waals surface area contributed by atoms with Gasteiger partial charge in [0, 0.05) is 15.5 Å². The molecule has 0 heterocycles. The third-order valence-electron chi connectivity index (χ3n) is 2.77. The monoisotopic (exact) mass is 230 g/mol. The molecule has 0 spiro atoms. The van der Waals surface area contributed by atoms with Gasteiger partial charge < -0.3 is 10.6 Å². The molecule has 0 aromatic rings. The molecule has 2 N–H and O–H groups in total. The lowest BCUT2D eigenvalue weighted by molar-refractivity contribution is -0.143. The molecule has 0 saturated heterocycles. The highest BCUT2D eigenvalue weighted by molar-refractivity contribution is 6.37. The van der Waals surface area contributed by atoms with Gasteiger partial charge in [0.2, 0.25) is 5.78 Å². The SMILES string of the molecule is CC.CN(C)C(=O)C(=O)C(N)CC1CCC1.[HH]. The van der Waals surface area contributed by atoms with E-state index in [1.165, 1.54) is 11.3 Å². The van der Waals surface area contributed by atoms with Crippen LogP contribution in [0.4, 0.5) is 0 Å². The maximum absolute atomic E-state index is 11.4.